The number of ether oxygens (including phenoxy) is 2. The standard InChI is InChI=1S/C25H29FN6O4/c1-3-36-22(33)11-12-32-24(29-30-31-32)23(20-10-9-18(14-21(20)26)17-7-8-17)27-15-16-5-4-6-19(13-16)28-25(34)35-2/h4-6,9-10,13-14,17,23,27H,3,7-8,11-12,15H2,1-2H3,(H,28,34). The Morgan fingerprint density at radius 3 is 2.78 bits per heavy atom. The third-order valence-electron chi connectivity index (χ3n) is 5.90. The number of rotatable bonds is 11. The third-order valence-corrected chi connectivity index (χ3v) is 5.90. The van der Waals surface area contributed by atoms with E-state index in [0.29, 0.717) is 29.5 Å². The number of aryl methyl sites for hydroxylation is 1. The highest BCUT2D eigenvalue weighted by Gasteiger charge is 2.28. The number of tetrazole rings is 1. The van der Waals surface area contributed by atoms with Gasteiger partial charge in [0.2, 0.25) is 0 Å². The monoisotopic (exact) mass is 496 g/mol. The number of hydrogen-bond acceptors (Lipinski definition) is 8. The van der Waals surface area contributed by atoms with Gasteiger partial charge in [0.05, 0.1) is 32.7 Å². The van der Waals surface area contributed by atoms with Gasteiger partial charge in [-0.25, -0.2) is 13.9 Å². The number of aromatic nitrogens is 4. The van der Waals surface area contributed by atoms with Gasteiger partial charge in [-0.3, -0.25) is 15.4 Å². The molecule has 0 saturated heterocycles. The number of benzene rings is 2. The van der Waals surface area contributed by atoms with Gasteiger partial charge in [0.25, 0.3) is 0 Å². The molecule has 0 radical (unpaired) electrons. The van der Waals surface area contributed by atoms with Crippen LogP contribution >= 0.6 is 0 Å². The van der Waals surface area contributed by atoms with Crippen molar-refractivity contribution in [2.24, 2.45) is 0 Å². The second-order valence-corrected chi connectivity index (χ2v) is 8.50. The lowest BCUT2D eigenvalue weighted by atomic mass is 10.0. The highest BCUT2D eigenvalue weighted by Crippen LogP contribution is 2.41. The molecule has 2 N–H and O–H groups in total. The van der Waals surface area contributed by atoms with Crippen molar-refractivity contribution in [2.75, 3.05) is 19.0 Å². The Hall–Kier alpha value is -3.86. The molecule has 3 aromatic rings. The van der Waals surface area contributed by atoms with Crippen molar-refractivity contribution >= 4 is 17.7 Å². The molecule has 11 heteroatoms. The predicted molar refractivity (Wildman–Crippen MR) is 129 cm³/mol. The first kappa shape index (κ1) is 25.2. The smallest absolute Gasteiger partial charge is 0.411 e. The Balaban J connectivity index is 1.58. The summed E-state index contributed by atoms with van der Waals surface area (Å²) in [5.74, 6) is 0.0809. The van der Waals surface area contributed by atoms with Crippen molar-refractivity contribution < 1.29 is 23.5 Å². The van der Waals surface area contributed by atoms with E-state index in [4.69, 9.17) is 4.74 Å². The molecular weight excluding hydrogens is 467 g/mol. The van der Waals surface area contributed by atoms with E-state index >= 15 is 4.39 Å². The maximum absolute atomic E-state index is 15.3. The highest BCUT2D eigenvalue weighted by molar-refractivity contribution is 5.84. The zero-order valence-corrected chi connectivity index (χ0v) is 20.2. The number of nitrogens with zero attached hydrogens (tertiary/aromatic N) is 4. The molecule has 1 saturated carbocycles. The average Bonchev–Trinajstić information content (AvgIpc) is 3.62. The quantitative estimate of drug-likeness (QED) is 0.386. The van der Waals surface area contributed by atoms with Gasteiger partial charge in [-0.1, -0.05) is 24.3 Å². The topological polar surface area (TPSA) is 120 Å². The molecule has 0 bridgehead atoms. The maximum Gasteiger partial charge on any atom is 0.411 e. The zero-order valence-electron chi connectivity index (χ0n) is 20.2. The van der Waals surface area contributed by atoms with Gasteiger partial charge in [-0.05, 0) is 65.4 Å². The molecule has 1 aromatic heterocycles. The Kier molecular flexibility index (Phi) is 8.21. The van der Waals surface area contributed by atoms with Crippen LogP contribution in [0.2, 0.25) is 0 Å². The highest BCUT2D eigenvalue weighted by atomic mass is 19.1. The summed E-state index contributed by atoms with van der Waals surface area (Å²) in [4.78, 5) is 23.4. The molecule has 1 atom stereocenters. The summed E-state index contributed by atoms with van der Waals surface area (Å²) in [5.41, 5.74) is 2.79. The van der Waals surface area contributed by atoms with E-state index in [1.165, 1.54) is 11.8 Å². The molecule has 190 valence electrons. The molecule has 1 unspecified atom stereocenters. The van der Waals surface area contributed by atoms with Crippen molar-refractivity contribution in [1.29, 1.82) is 0 Å². The number of esters is 1. The van der Waals surface area contributed by atoms with E-state index in [2.05, 4.69) is 30.9 Å². The molecule has 1 aliphatic carbocycles. The number of anilines is 1. The summed E-state index contributed by atoms with van der Waals surface area (Å²) < 4.78 is 26.5. The van der Waals surface area contributed by atoms with Crippen LogP contribution < -0.4 is 10.6 Å². The molecule has 1 heterocycles. The molecule has 0 spiro atoms. The lowest BCUT2D eigenvalue weighted by molar-refractivity contribution is -0.143. The van der Waals surface area contributed by atoms with Crippen LogP contribution in [0.4, 0.5) is 14.9 Å². The van der Waals surface area contributed by atoms with Crippen LogP contribution in [-0.2, 0) is 27.4 Å². The third kappa shape index (κ3) is 6.42. The summed E-state index contributed by atoms with van der Waals surface area (Å²) in [5, 5.41) is 17.9. The molecule has 1 aliphatic rings. The number of methoxy groups -OCH3 is 1. The van der Waals surface area contributed by atoms with Crippen molar-refractivity contribution in [3.63, 3.8) is 0 Å². The first-order chi connectivity index (χ1) is 17.5. The molecule has 4 rings (SSSR count). The molecule has 0 aliphatic heterocycles. The van der Waals surface area contributed by atoms with Gasteiger partial charge in [0.1, 0.15) is 5.82 Å². The summed E-state index contributed by atoms with van der Waals surface area (Å²) in [6.45, 7) is 2.55. The predicted octanol–water partition coefficient (Wildman–Crippen LogP) is 3.70. The van der Waals surface area contributed by atoms with Gasteiger partial charge in [0, 0.05) is 17.8 Å². The van der Waals surface area contributed by atoms with Crippen LogP contribution in [0.15, 0.2) is 42.5 Å². The summed E-state index contributed by atoms with van der Waals surface area (Å²) in [6, 6.07) is 11.8. The number of carbonyl (C=O) groups is 2. The van der Waals surface area contributed by atoms with Gasteiger partial charge in [-0.2, -0.15) is 0 Å². The first-order valence-electron chi connectivity index (χ1n) is 11.9. The fourth-order valence-corrected chi connectivity index (χ4v) is 3.94. The zero-order chi connectivity index (χ0) is 25.5. The van der Waals surface area contributed by atoms with E-state index in [1.54, 1.807) is 37.3 Å². The van der Waals surface area contributed by atoms with Crippen molar-refractivity contribution in [1.82, 2.24) is 25.5 Å². The largest absolute Gasteiger partial charge is 0.466 e. The Morgan fingerprint density at radius 1 is 1.22 bits per heavy atom. The van der Waals surface area contributed by atoms with Crippen molar-refractivity contribution in [2.45, 2.75) is 51.2 Å². The fourth-order valence-electron chi connectivity index (χ4n) is 3.94. The molecule has 2 aromatic carbocycles. The molecule has 10 nitrogen and oxygen atoms in total. The fraction of sp³-hybridized carbons (Fsp3) is 0.400. The van der Waals surface area contributed by atoms with Crippen LogP contribution in [-0.4, -0.2) is 46.0 Å². The molecule has 1 amide bonds. The minimum Gasteiger partial charge on any atom is -0.466 e. The molecule has 1 fully saturated rings. The lowest BCUT2D eigenvalue weighted by Gasteiger charge is -2.20. The number of amides is 1. The second kappa shape index (κ2) is 11.7. The van der Waals surface area contributed by atoms with Crippen LogP contribution in [0.3, 0.4) is 0 Å². The lowest BCUT2D eigenvalue weighted by Crippen LogP contribution is -2.27. The average molecular weight is 497 g/mol. The van der Waals surface area contributed by atoms with Crippen LogP contribution in [0.5, 0.6) is 0 Å². The number of nitrogens with one attached hydrogen (secondary N) is 2. The van der Waals surface area contributed by atoms with Crippen molar-refractivity contribution in [3.8, 4) is 0 Å². The van der Waals surface area contributed by atoms with Gasteiger partial charge >= 0.3 is 12.1 Å². The van der Waals surface area contributed by atoms with Gasteiger partial charge in [0.15, 0.2) is 5.82 Å². The number of carbonyl (C=O) groups excluding carboxylic acids is 2. The normalized spacial score (nSPS) is 13.8. The Bertz CT molecular complexity index is 1210. The van der Waals surface area contributed by atoms with E-state index < -0.39 is 12.1 Å². The minimum absolute atomic E-state index is 0.0863. The van der Waals surface area contributed by atoms with E-state index in [9.17, 15) is 9.59 Å². The van der Waals surface area contributed by atoms with E-state index in [1.807, 2.05) is 12.1 Å². The minimum atomic E-state index is -0.687. The Labute approximate surface area is 208 Å². The van der Waals surface area contributed by atoms with E-state index in [0.717, 1.165) is 24.0 Å². The van der Waals surface area contributed by atoms with Gasteiger partial charge in [-0.15, -0.1) is 5.10 Å². The van der Waals surface area contributed by atoms with E-state index in [-0.39, 0.29) is 31.4 Å². The molecular formula is C25H29FN6O4. The van der Waals surface area contributed by atoms with Crippen LogP contribution in [0, 0.1) is 5.82 Å². The summed E-state index contributed by atoms with van der Waals surface area (Å²) >= 11 is 0. The van der Waals surface area contributed by atoms with Gasteiger partial charge < -0.3 is 9.47 Å². The maximum atomic E-state index is 15.3. The van der Waals surface area contributed by atoms with Crippen molar-refractivity contribution in [3.05, 3.63) is 70.8 Å². The summed E-state index contributed by atoms with van der Waals surface area (Å²) in [6.07, 6.45) is 1.66. The number of halogens is 1. The van der Waals surface area contributed by atoms with Crippen LogP contribution in [0.1, 0.15) is 60.7 Å². The number of hydrogen-bond donors (Lipinski definition) is 2. The Morgan fingerprint density at radius 2 is 2.06 bits per heavy atom. The molecule has 36 heavy (non-hydrogen) atoms. The first-order valence-corrected chi connectivity index (χ1v) is 11.9. The second-order valence-electron chi connectivity index (χ2n) is 8.50. The SMILES string of the molecule is CCOC(=O)CCn1nnnc1C(NCc1cccc(NC(=O)OC)c1)c1ccc(C2CC2)cc1F. The summed E-state index contributed by atoms with van der Waals surface area (Å²) in [7, 11) is 1.29. The van der Waals surface area contributed by atoms with Crippen LogP contribution in [0.25, 0.3) is 0 Å².